The number of hydrogen-bond donors (Lipinski definition) is 2. The zero-order chi connectivity index (χ0) is 24.1. The molecule has 34 heavy (non-hydrogen) atoms. The third kappa shape index (κ3) is 5.37. The smallest absolute Gasteiger partial charge is 0.243 e. The van der Waals surface area contributed by atoms with Crippen molar-refractivity contribution in [2.24, 2.45) is 0 Å². The van der Waals surface area contributed by atoms with Crippen LogP contribution in [0.4, 0.5) is 5.69 Å². The molecule has 1 atom stereocenters. The Morgan fingerprint density at radius 1 is 1.06 bits per heavy atom. The van der Waals surface area contributed by atoms with Crippen molar-refractivity contribution in [1.29, 1.82) is 0 Å². The maximum absolute atomic E-state index is 13.6. The van der Waals surface area contributed by atoms with E-state index in [1.807, 2.05) is 30.3 Å². The summed E-state index contributed by atoms with van der Waals surface area (Å²) in [6.45, 7) is 2.06. The number of benzene rings is 2. The van der Waals surface area contributed by atoms with Crippen molar-refractivity contribution in [3.63, 3.8) is 0 Å². The number of furan rings is 1. The molecule has 0 bridgehead atoms. The molecule has 2 aromatic carbocycles. The third-order valence-electron chi connectivity index (χ3n) is 5.80. The average molecular weight is 482 g/mol. The van der Waals surface area contributed by atoms with Gasteiger partial charge >= 0.3 is 0 Å². The van der Waals surface area contributed by atoms with Gasteiger partial charge in [0.15, 0.2) is 0 Å². The fraction of sp³-hybridized carbons (Fsp3) is 0.280. The lowest BCUT2D eigenvalue weighted by molar-refractivity contribution is -0.122. The second kappa shape index (κ2) is 10.2. The molecule has 0 saturated heterocycles. The molecule has 0 aliphatic carbocycles. The quantitative estimate of drug-likeness (QED) is 0.513. The van der Waals surface area contributed by atoms with Gasteiger partial charge in [0.05, 0.1) is 17.2 Å². The van der Waals surface area contributed by atoms with Crippen LogP contribution in [0.1, 0.15) is 36.3 Å². The highest BCUT2D eigenvalue weighted by atomic mass is 32.2. The fourth-order valence-electron chi connectivity index (χ4n) is 4.20. The van der Waals surface area contributed by atoms with Gasteiger partial charge in [0.2, 0.25) is 21.8 Å². The Labute approximate surface area is 199 Å². The summed E-state index contributed by atoms with van der Waals surface area (Å²) in [6, 6.07) is 16.7. The van der Waals surface area contributed by atoms with Crippen LogP contribution >= 0.6 is 0 Å². The fourth-order valence-corrected chi connectivity index (χ4v) is 5.81. The Morgan fingerprint density at radius 3 is 2.53 bits per heavy atom. The van der Waals surface area contributed by atoms with E-state index < -0.39 is 16.1 Å². The Morgan fingerprint density at radius 2 is 1.82 bits per heavy atom. The molecule has 0 fully saturated rings. The van der Waals surface area contributed by atoms with Gasteiger partial charge in [-0.05, 0) is 53.9 Å². The van der Waals surface area contributed by atoms with E-state index in [1.165, 1.54) is 23.4 Å². The van der Waals surface area contributed by atoms with Crippen LogP contribution in [-0.4, -0.2) is 37.6 Å². The summed E-state index contributed by atoms with van der Waals surface area (Å²) >= 11 is 0. The zero-order valence-corrected chi connectivity index (χ0v) is 19.7. The minimum atomic E-state index is -3.88. The highest BCUT2D eigenvalue weighted by Crippen LogP contribution is 2.36. The van der Waals surface area contributed by atoms with Gasteiger partial charge in [-0.3, -0.25) is 9.59 Å². The Hall–Kier alpha value is -3.43. The summed E-state index contributed by atoms with van der Waals surface area (Å²) in [5, 5.41) is 5.51. The second-order valence-electron chi connectivity index (χ2n) is 8.17. The molecule has 8 nitrogen and oxygen atoms in total. The van der Waals surface area contributed by atoms with E-state index in [4.69, 9.17) is 4.42 Å². The van der Waals surface area contributed by atoms with Crippen molar-refractivity contribution in [2.75, 3.05) is 18.4 Å². The predicted octanol–water partition coefficient (Wildman–Crippen LogP) is 3.28. The van der Waals surface area contributed by atoms with E-state index in [0.717, 1.165) is 16.9 Å². The van der Waals surface area contributed by atoms with Gasteiger partial charge in [0.25, 0.3) is 0 Å². The summed E-state index contributed by atoms with van der Waals surface area (Å²) < 4.78 is 33.9. The summed E-state index contributed by atoms with van der Waals surface area (Å²) in [5.41, 5.74) is 2.40. The van der Waals surface area contributed by atoms with Gasteiger partial charge in [0, 0.05) is 38.5 Å². The molecule has 0 unspecified atom stereocenters. The van der Waals surface area contributed by atoms with Gasteiger partial charge in [0.1, 0.15) is 5.76 Å². The molecule has 1 aliphatic rings. The number of rotatable bonds is 8. The molecule has 1 aromatic heterocycles. The maximum atomic E-state index is 13.6. The highest BCUT2D eigenvalue weighted by Gasteiger charge is 2.37. The van der Waals surface area contributed by atoms with E-state index in [0.29, 0.717) is 25.1 Å². The van der Waals surface area contributed by atoms with Crippen molar-refractivity contribution >= 4 is 27.5 Å². The number of fused-ring (bicyclic) bond motifs is 1. The number of anilines is 1. The van der Waals surface area contributed by atoms with E-state index in [1.54, 1.807) is 24.5 Å². The van der Waals surface area contributed by atoms with Crippen LogP contribution in [0.2, 0.25) is 0 Å². The van der Waals surface area contributed by atoms with Crippen molar-refractivity contribution in [1.82, 2.24) is 9.62 Å². The first kappa shape index (κ1) is 23.7. The molecular formula is C25H27N3O5S. The van der Waals surface area contributed by atoms with Crippen LogP contribution in [0.3, 0.4) is 0 Å². The van der Waals surface area contributed by atoms with Gasteiger partial charge in [-0.1, -0.05) is 24.3 Å². The molecule has 1 aliphatic heterocycles. The number of nitrogens with zero attached hydrogens (tertiary/aromatic N) is 1. The topological polar surface area (TPSA) is 109 Å². The monoisotopic (exact) mass is 481 g/mol. The standard InChI is InChI=1S/C25H27N3O5S/c1-18(29)27-20-8-10-22(11-9-20)34(31,32)28-15-13-19-5-2-3-7-23(19)24(28)17-25(30)26-14-12-21-6-4-16-33-21/h2-11,16,24H,12-15,17H2,1H3,(H,26,30)(H,27,29)/t24-/m1/s1. The molecule has 178 valence electrons. The van der Waals surface area contributed by atoms with Crippen molar-refractivity contribution in [3.8, 4) is 0 Å². The molecular weight excluding hydrogens is 454 g/mol. The van der Waals surface area contributed by atoms with Crippen molar-refractivity contribution in [2.45, 2.75) is 37.1 Å². The van der Waals surface area contributed by atoms with Gasteiger partial charge in [-0.2, -0.15) is 4.31 Å². The first-order chi connectivity index (χ1) is 16.3. The molecule has 0 saturated carbocycles. The minimum absolute atomic E-state index is 0.0123. The Bertz CT molecular complexity index is 1250. The van der Waals surface area contributed by atoms with E-state index in [-0.39, 0.29) is 29.7 Å². The first-order valence-electron chi connectivity index (χ1n) is 11.1. The minimum Gasteiger partial charge on any atom is -0.469 e. The Balaban J connectivity index is 1.54. The van der Waals surface area contributed by atoms with Crippen LogP contribution in [0.25, 0.3) is 0 Å². The molecule has 2 heterocycles. The second-order valence-corrected chi connectivity index (χ2v) is 10.1. The largest absolute Gasteiger partial charge is 0.469 e. The van der Waals surface area contributed by atoms with Gasteiger partial charge < -0.3 is 15.1 Å². The normalized spacial score (nSPS) is 16.0. The van der Waals surface area contributed by atoms with E-state index in [9.17, 15) is 18.0 Å². The third-order valence-corrected chi connectivity index (χ3v) is 7.72. The van der Waals surface area contributed by atoms with E-state index >= 15 is 0 Å². The van der Waals surface area contributed by atoms with Crippen molar-refractivity contribution in [3.05, 3.63) is 83.8 Å². The molecule has 2 amide bonds. The molecule has 9 heteroatoms. The summed E-state index contributed by atoms with van der Waals surface area (Å²) in [5.74, 6) is 0.311. The number of carbonyl (C=O) groups is 2. The summed E-state index contributed by atoms with van der Waals surface area (Å²) in [6.07, 6.45) is 2.72. The zero-order valence-electron chi connectivity index (χ0n) is 18.9. The van der Waals surface area contributed by atoms with Crippen LogP contribution in [0, 0.1) is 0 Å². The molecule has 2 N–H and O–H groups in total. The van der Waals surface area contributed by atoms with E-state index in [2.05, 4.69) is 10.6 Å². The number of sulfonamides is 1. The summed E-state index contributed by atoms with van der Waals surface area (Å²) in [4.78, 5) is 24.2. The number of hydrogen-bond acceptors (Lipinski definition) is 5. The molecule has 0 spiro atoms. The van der Waals surface area contributed by atoms with Gasteiger partial charge in [-0.15, -0.1) is 0 Å². The number of amides is 2. The lowest BCUT2D eigenvalue weighted by Crippen LogP contribution is -2.42. The molecule has 0 radical (unpaired) electrons. The van der Waals surface area contributed by atoms with Crippen LogP contribution in [0.15, 0.2) is 76.2 Å². The molecule has 3 aromatic rings. The number of carbonyl (C=O) groups excluding carboxylic acids is 2. The van der Waals surface area contributed by atoms with Crippen LogP contribution in [0.5, 0.6) is 0 Å². The first-order valence-corrected chi connectivity index (χ1v) is 12.5. The SMILES string of the molecule is CC(=O)Nc1ccc(S(=O)(=O)N2CCc3ccccc3[C@H]2CC(=O)NCCc2ccco2)cc1. The summed E-state index contributed by atoms with van der Waals surface area (Å²) in [7, 11) is -3.88. The highest BCUT2D eigenvalue weighted by molar-refractivity contribution is 7.89. The maximum Gasteiger partial charge on any atom is 0.243 e. The lowest BCUT2D eigenvalue weighted by atomic mass is 9.92. The average Bonchev–Trinajstić information content (AvgIpc) is 3.33. The van der Waals surface area contributed by atoms with Crippen LogP contribution < -0.4 is 10.6 Å². The lowest BCUT2D eigenvalue weighted by Gasteiger charge is -2.36. The van der Waals surface area contributed by atoms with Crippen LogP contribution in [-0.2, 0) is 32.5 Å². The molecule has 4 rings (SSSR count). The van der Waals surface area contributed by atoms with Crippen molar-refractivity contribution < 1.29 is 22.4 Å². The Kier molecular flexibility index (Phi) is 7.14. The predicted molar refractivity (Wildman–Crippen MR) is 128 cm³/mol. The van der Waals surface area contributed by atoms with Gasteiger partial charge in [-0.25, -0.2) is 8.42 Å². The number of nitrogens with one attached hydrogen (secondary N) is 2.